The van der Waals surface area contributed by atoms with Gasteiger partial charge in [0.1, 0.15) is 0 Å². The molecule has 2 aromatic rings. The number of hydrogen-bond acceptors (Lipinski definition) is 5. The molecule has 0 unspecified atom stereocenters. The van der Waals surface area contributed by atoms with Crippen LogP contribution in [0.1, 0.15) is 42.9 Å². The smallest absolute Gasteiger partial charge is 0.251 e. The highest BCUT2D eigenvalue weighted by Gasteiger charge is 2.25. The fraction of sp³-hybridized carbons (Fsp3) is 0.471. The van der Waals surface area contributed by atoms with Crippen molar-refractivity contribution in [1.82, 2.24) is 15.5 Å². The molecule has 0 spiro atoms. The van der Waals surface area contributed by atoms with Crippen molar-refractivity contribution >= 4 is 5.91 Å². The Morgan fingerprint density at radius 2 is 1.87 bits per heavy atom. The third-order valence-electron chi connectivity index (χ3n) is 4.38. The summed E-state index contributed by atoms with van der Waals surface area (Å²) in [6.45, 7) is 6.29. The Morgan fingerprint density at radius 3 is 2.35 bits per heavy atom. The number of amides is 1. The number of benzene rings is 1. The van der Waals surface area contributed by atoms with Crippen molar-refractivity contribution in [2.24, 2.45) is 5.41 Å². The molecule has 2 rings (SSSR count). The zero-order valence-electron chi connectivity index (χ0n) is 13.8. The van der Waals surface area contributed by atoms with E-state index in [0.717, 1.165) is 18.4 Å². The van der Waals surface area contributed by atoms with Gasteiger partial charge in [-0.25, -0.2) is 0 Å². The largest absolute Gasteiger partial charge is 0.421 e. The van der Waals surface area contributed by atoms with E-state index < -0.39 is 0 Å². The maximum Gasteiger partial charge on any atom is 0.251 e. The highest BCUT2D eigenvalue weighted by Crippen LogP contribution is 2.24. The molecular weight excluding hydrogens is 294 g/mol. The van der Waals surface area contributed by atoms with Gasteiger partial charge < -0.3 is 14.8 Å². The minimum atomic E-state index is -0.253. The van der Waals surface area contributed by atoms with Crippen molar-refractivity contribution in [1.29, 1.82) is 0 Å². The van der Waals surface area contributed by atoms with Gasteiger partial charge in [-0.05, 0) is 37.1 Å². The van der Waals surface area contributed by atoms with Gasteiger partial charge in [0.2, 0.25) is 11.8 Å². The molecule has 2 N–H and O–H groups in total. The molecule has 0 aliphatic carbocycles. The van der Waals surface area contributed by atoms with E-state index in [4.69, 9.17) is 4.42 Å². The predicted octanol–water partition coefficient (Wildman–Crippen LogP) is 2.57. The topological polar surface area (TPSA) is 88.2 Å². The Hall–Kier alpha value is -2.21. The highest BCUT2D eigenvalue weighted by molar-refractivity contribution is 5.94. The third-order valence-corrected chi connectivity index (χ3v) is 4.38. The van der Waals surface area contributed by atoms with E-state index in [0.29, 0.717) is 23.9 Å². The molecule has 0 saturated heterocycles. The van der Waals surface area contributed by atoms with Crippen molar-refractivity contribution in [3.8, 4) is 11.5 Å². The predicted molar refractivity (Wildman–Crippen MR) is 86.9 cm³/mol. The SMILES string of the molecule is CCC(CC)(CO)CNC(=O)c1ccc(-c2nnc(C)o2)cc1. The minimum absolute atomic E-state index is 0.0652. The average molecular weight is 317 g/mol. The summed E-state index contributed by atoms with van der Waals surface area (Å²) >= 11 is 0. The van der Waals surface area contributed by atoms with Crippen LogP contribution in [0.5, 0.6) is 0 Å². The van der Waals surface area contributed by atoms with Crippen molar-refractivity contribution < 1.29 is 14.3 Å². The number of carbonyl (C=O) groups is 1. The highest BCUT2D eigenvalue weighted by atomic mass is 16.4. The molecule has 1 heterocycles. The summed E-state index contributed by atoms with van der Waals surface area (Å²) in [6.07, 6.45) is 1.63. The molecule has 1 aromatic carbocycles. The van der Waals surface area contributed by atoms with E-state index >= 15 is 0 Å². The van der Waals surface area contributed by atoms with Crippen LogP contribution in [0.4, 0.5) is 0 Å². The Morgan fingerprint density at radius 1 is 1.22 bits per heavy atom. The van der Waals surface area contributed by atoms with Gasteiger partial charge in [-0.3, -0.25) is 4.79 Å². The maximum absolute atomic E-state index is 12.2. The van der Waals surface area contributed by atoms with Crippen LogP contribution < -0.4 is 5.32 Å². The normalized spacial score (nSPS) is 11.5. The molecule has 6 nitrogen and oxygen atoms in total. The third kappa shape index (κ3) is 3.96. The summed E-state index contributed by atoms with van der Waals surface area (Å²) in [5, 5.41) is 20.2. The second-order valence-corrected chi connectivity index (χ2v) is 5.75. The van der Waals surface area contributed by atoms with Gasteiger partial charge >= 0.3 is 0 Å². The second kappa shape index (κ2) is 7.37. The molecule has 23 heavy (non-hydrogen) atoms. The summed E-state index contributed by atoms with van der Waals surface area (Å²) < 4.78 is 5.36. The molecule has 1 amide bonds. The van der Waals surface area contributed by atoms with Crippen LogP contribution in [0.2, 0.25) is 0 Å². The number of nitrogens with one attached hydrogen (secondary N) is 1. The number of nitrogens with zero attached hydrogens (tertiary/aromatic N) is 2. The van der Waals surface area contributed by atoms with E-state index in [1.165, 1.54) is 0 Å². The van der Waals surface area contributed by atoms with Gasteiger partial charge in [-0.1, -0.05) is 13.8 Å². The lowest BCUT2D eigenvalue weighted by Gasteiger charge is -2.29. The molecule has 0 aliphatic rings. The fourth-order valence-electron chi connectivity index (χ4n) is 2.33. The molecule has 0 fully saturated rings. The van der Waals surface area contributed by atoms with E-state index in [9.17, 15) is 9.90 Å². The monoisotopic (exact) mass is 317 g/mol. The second-order valence-electron chi connectivity index (χ2n) is 5.75. The quantitative estimate of drug-likeness (QED) is 0.819. The van der Waals surface area contributed by atoms with Crippen LogP contribution in [0, 0.1) is 12.3 Å². The van der Waals surface area contributed by atoms with Gasteiger partial charge in [-0.15, -0.1) is 10.2 Å². The lowest BCUT2D eigenvalue weighted by molar-refractivity contribution is 0.0851. The van der Waals surface area contributed by atoms with Crippen LogP contribution in [0.25, 0.3) is 11.5 Å². The number of carbonyl (C=O) groups excluding carboxylic acids is 1. The lowest BCUT2D eigenvalue weighted by atomic mass is 9.83. The summed E-state index contributed by atoms with van der Waals surface area (Å²) in [6, 6.07) is 7.01. The Labute approximate surface area is 135 Å². The summed E-state index contributed by atoms with van der Waals surface area (Å²) in [5.74, 6) is 0.782. The van der Waals surface area contributed by atoms with Crippen LogP contribution in [-0.4, -0.2) is 34.4 Å². The molecule has 6 heteroatoms. The molecule has 0 radical (unpaired) electrons. The fourth-order valence-corrected chi connectivity index (χ4v) is 2.33. The summed E-state index contributed by atoms with van der Waals surface area (Å²) in [4.78, 5) is 12.2. The first-order chi connectivity index (χ1) is 11.0. The van der Waals surface area contributed by atoms with Crippen molar-refractivity contribution in [3.05, 3.63) is 35.7 Å². The number of aliphatic hydroxyl groups excluding tert-OH is 1. The molecule has 0 saturated carbocycles. The summed E-state index contributed by atoms with van der Waals surface area (Å²) in [5.41, 5.74) is 1.08. The molecular formula is C17H23N3O3. The number of rotatable bonds is 7. The van der Waals surface area contributed by atoms with Crippen molar-refractivity contribution in [2.75, 3.05) is 13.2 Å². The zero-order valence-corrected chi connectivity index (χ0v) is 13.8. The number of aryl methyl sites for hydroxylation is 1. The van der Waals surface area contributed by atoms with E-state index in [-0.39, 0.29) is 17.9 Å². The van der Waals surface area contributed by atoms with Crippen molar-refractivity contribution in [2.45, 2.75) is 33.6 Å². The number of aromatic nitrogens is 2. The zero-order chi connectivity index (χ0) is 16.9. The number of hydrogen-bond donors (Lipinski definition) is 2. The molecule has 0 aliphatic heterocycles. The first kappa shape index (κ1) is 17.1. The molecule has 0 bridgehead atoms. The number of aliphatic hydroxyl groups is 1. The van der Waals surface area contributed by atoms with Gasteiger partial charge in [0, 0.05) is 30.0 Å². The van der Waals surface area contributed by atoms with Crippen molar-refractivity contribution in [3.63, 3.8) is 0 Å². The van der Waals surface area contributed by atoms with E-state index in [1.54, 1.807) is 31.2 Å². The minimum Gasteiger partial charge on any atom is -0.421 e. The maximum atomic E-state index is 12.2. The van der Waals surface area contributed by atoms with Gasteiger partial charge in [-0.2, -0.15) is 0 Å². The van der Waals surface area contributed by atoms with Crippen LogP contribution in [0.3, 0.4) is 0 Å². The molecule has 1 aromatic heterocycles. The Balaban J connectivity index is 2.03. The first-order valence-corrected chi connectivity index (χ1v) is 7.83. The van der Waals surface area contributed by atoms with E-state index in [2.05, 4.69) is 15.5 Å². The van der Waals surface area contributed by atoms with Crippen LogP contribution in [0.15, 0.2) is 28.7 Å². The van der Waals surface area contributed by atoms with Crippen LogP contribution >= 0.6 is 0 Å². The average Bonchev–Trinajstić information content (AvgIpc) is 3.03. The Bertz CT molecular complexity index is 637. The van der Waals surface area contributed by atoms with E-state index in [1.807, 2.05) is 13.8 Å². The van der Waals surface area contributed by atoms with Crippen LogP contribution in [-0.2, 0) is 0 Å². The molecule has 124 valence electrons. The summed E-state index contributed by atoms with van der Waals surface area (Å²) in [7, 11) is 0. The van der Waals surface area contributed by atoms with Gasteiger partial charge in [0.15, 0.2) is 0 Å². The molecule has 0 atom stereocenters. The Kier molecular flexibility index (Phi) is 5.50. The standard InChI is InChI=1S/C17H23N3O3/c1-4-17(5-2,11-21)10-18-15(22)13-6-8-14(9-7-13)16-20-19-12(3)23-16/h6-9,21H,4-5,10-11H2,1-3H3,(H,18,22). The van der Waals surface area contributed by atoms with Gasteiger partial charge in [0.25, 0.3) is 5.91 Å². The lowest BCUT2D eigenvalue weighted by Crippen LogP contribution is -2.39. The van der Waals surface area contributed by atoms with Gasteiger partial charge in [0.05, 0.1) is 6.61 Å². The first-order valence-electron chi connectivity index (χ1n) is 7.83.